The zero-order chi connectivity index (χ0) is 29.1. The van der Waals surface area contributed by atoms with E-state index in [0.717, 1.165) is 10.9 Å². The van der Waals surface area contributed by atoms with Gasteiger partial charge in [0.25, 0.3) is 0 Å². The Kier molecular flexibility index (Phi) is 11.7. The molecule has 1 aromatic heterocycles. The van der Waals surface area contributed by atoms with Gasteiger partial charge in [0, 0.05) is 30.1 Å². The molecule has 0 bridgehead atoms. The highest BCUT2D eigenvalue weighted by atomic mass is 16.4. The largest absolute Gasteiger partial charge is 0.480 e. The number of hydrogen-bond donors (Lipinski definition) is 10. The molecule has 3 amide bonds. The van der Waals surface area contributed by atoms with Crippen LogP contribution in [0.25, 0.3) is 10.9 Å². The van der Waals surface area contributed by atoms with Crippen LogP contribution in [0.15, 0.2) is 35.5 Å². The summed E-state index contributed by atoms with van der Waals surface area (Å²) in [5, 5.41) is 36.3. The zero-order valence-electron chi connectivity index (χ0n) is 21.5. The summed E-state index contributed by atoms with van der Waals surface area (Å²) in [5.74, 6) is -4.04. The van der Waals surface area contributed by atoms with Crippen LogP contribution in [0.3, 0.4) is 0 Å². The molecule has 5 atom stereocenters. The molecule has 0 radical (unpaired) electrons. The molecule has 0 saturated heterocycles. The van der Waals surface area contributed by atoms with Crippen LogP contribution in [0, 0.1) is 0 Å². The number of hydrogen-bond acceptors (Lipinski definition) is 8. The molecule has 13 N–H and O–H groups in total. The molecule has 1 heterocycles. The van der Waals surface area contributed by atoms with Gasteiger partial charge in [0.2, 0.25) is 17.7 Å². The average Bonchev–Trinajstić information content (AvgIpc) is 3.30. The van der Waals surface area contributed by atoms with E-state index in [1.807, 2.05) is 24.3 Å². The summed E-state index contributed by atoms with van der Waals surface area (Å²) in [6.07, 6.45) is 0.739. The fourth-order valence-corrected chi connectivity index (χ4v) is 3.72. The third kappa shape index (κ3) is 9.24. The Morgan fingerprint density at radius 2 is 1.62 bits per heavy atom. The van der Waals surface area contributed by atoms with Gasteiger partial charge in [-0.15, -0.1) is 0 Å². The van der Waals surface area contributed by atoms with E-state index in [1.54, 1.807) is 6.20 Å². The van der Waals surface area contributed by atoms with Gasteiger partial charge in [-0.05, 0) is 31.4 Å². The summed E-state index contributed by atoms with van der Waals surface area (Å²) in [7, 11) is 0. The van der Waals surface area contributed by atoms with Gasteiger partial charge < -0.3 is 53.5 Å². The fourth-order valence-electron chi connectivity index (χ4n) is 3.72. The lowest BCUT2D eigenvalue weighted by Crippen LogP contribution is -2.58. The maximum absolute atomic E-state index is 13.4. The summed E-state index contributed by atoms with van der Waals surface area (Å²) in [6, 6.07) is 1.93. The maximum Gasteiger partial charge on any atom is 0.328 e. The standard InChI is InChI=1S/C24H36N8O7/c1-12(34)19(25)22(37)31-17(9-13-10-29-15-6-3-2-5-14(13)15)21(36)30-16(7-4-8-28-24(26)27)20(35)32-18(11-33)23(38)39/h2-3,5-6,10,12,16-19,29,33-34H,4,7-9,11,25H2,1H3,(H,30,36)(H,31,37)(H,32,35)(H,38,39)(H4,26,27,28). The molecule has 15 nitrogen and oxygen atoms in total. The smallest absolute Gasteiger partial charge is 0.328 e. The molecule has 5 unspecified atom stereocenters. The van der Waals surface area contributed by atoms with E-state index >= 15 is 0 Å². The van der Waals surface area contributed by atoms with Crippen LogP contribution >= 0.6 is 0 Å². The van der Waals surface area contributed by atoms with Crippen molar-refractivity contribution in [1.82, 2.24) is 20.9 Å². The molecule has 39 heavy (non-hydrogen) atoms. The van der Waals surface area contributed by atoms with Crippen LogP contribution in [0.4, 0.5) is 0 Å². The molecule has 0 aliphatic carbocycles. The van der Waals surface area contributed by atoms with E-state index in [1.165, 1.54) is 6.92 Å². The summed E-state index contributed by atoms with van der Waals surface area (Å²) >= 11 is 0. The normalized spacial score (nSPS) is 14.9. The second kappa shape index (κ2) is 14.7. The van der Waals surface area contributed by atoms with Crippen LogP contribution in [-0.2, 0) is 25.6 Å². The summed E-state index contributed by atoms with van der Waals surface area (Å²) in [5.41, 5.74) is 17.9. The van der Waals surface area contributed by atoms with Gasteiger partial charge in [-0.3, -0.25) is 19.4 Å². The number of carboxylic acids is 1. The average molecular weight is 549 g/mol. The van der Waals surface area contributed by atoms with Gasteiger partial charge in [-0.2, -0.15) is 0 Å². The molecule has 0 aliphatic rings. The van der Waals surface area contributed by atoms with Gasteiger partial charge in [-0.25, -0.2) is 4.79 Å². The van der Waals surface area contributed by atoms with Crippen molar-refractivity contribution in [3.8, 4) is 0 Å². The molecule has 2 aromatic rings. The molecule has 15 heteroatoms. The number of amides is 3. The molecule has 2 rings (SSSR count). The Bertz CT molecular complexity index is 1180. The van der Waals surface area contributed by atoms with Gasteiger partial charge in [0.15, 0.2) is 5.96 Å². The van der Waals surface area contributed by atoms with Crippen molar-refractivity contribution in [1.29, 1.82) is 0 Å². The van der Waals surface area contributed by atoms with Gasteiger partial charge in [0.05, 0.1) is 12.7 Å². The number of aliphatic hydroxyl groups excluding tert-OH is 2. The maximum atomic E-state index is 13.4. The van der Waals surface area contributed by atoms with Gasteiger partial charge >= 0.3 is 5.97 Å². The van der Waals surface area contributed by atoms with Crippen LogP contribution in [0.5, 0.6) is 0 Å². The number of nitrogens with two attached hydrogens (primary N) is 3. The van der Waals surface area contributed by atoms with E-state index < -0.39 is 60.6 Å². The first kappa shape index (κ1) is 31.0. The monoisotopic (exact) mass is 548 g/mol. The number of para-hydroxylation sites is 1. The molecule has 1 aromatic carbocycles. The molecule has 0 fully saturated rings. The van der Waals surface area contributed by atoms with Crippen LogP contribution in [0.1, 0.15) is 25.3 Å². The lowest BCUT2D eigenvalue weighted by Gasteiger charge is -2.25. The number of aromatic nitrogens is 1. The Labute approximate surface area is 224 Å². The number of benzene rings is 1. The number of guanidine groups is 1. The number of aromatic amines is 1. The minimum absolute atomic E-state index is 0.00481. The number of rotatable bonds is 15. The number of H-pyrrole nitrogens is 1. The Morgan fingerprint density at radius 1 is 1.00 bits per heavy atom. The highest BCUT2D eigenvalue weighted by molar-refractivity contribution is 5.95. The number of aliphatic carboxylic acids is 1. The molecular weight excluding hydrogens is 512 g/mol. The Morgan fingerprint density at radius 3 is 2.23 bits per heavy atom. The van der Waals surface area contributed by atoms with E-state index in [-0.39, 0.29) is 31.8 Å². The highest BCUT2D eigenvalue weighted by Crippen LogP contribution is 2.19. The number of carbonyl (C=O) groups is 4. The minimum atomic E-state index is -1.60. The van der Waals surface area contributed by atoms with E-state index in [2.05, 4.69) is 25.9 Å². The minimum Gasteiger partial charge on any atom is -0.480 e. The summed E-state index contributed by atoms with van der Waals surface area (Å²) < 4.78 is 0. The third-order valence-electron chi connectivity index (χ3n) is 5.93. The lowest BCUT2D eigenvalue weighted by atomic mass is 10.0. The van der Waals surface area contributed by atoms with Crippen molar-refractivity contribution in [2.24, 2.45) is 22.2 Å². The number of fused-ring (bicyclic) bond motifs is 1. The van der Waals surface area contributed by atoms with Crippen molar-refractivity contribution < 1.29 is 34.5 Å². The zero-order valence-corrected chi connectivity index (χ0v) is 21.5. The van der Waals surface area contributed by atoms with Crippen LogP contribution < -0.4 is 33.2 Å². The molecule has 0 saturated carbocycles. The van der Waals surface area contributed by atoms with Gasteiger partial charge in [0.1, 0.15) is 24.2 Å². The Hall–Kier alpha value is -4.21. The topological polar surface area (TPSA) is 271 Å². The fraction of sp³-hybridized carbons (Fsp3) is 0.458. The summed E-state index contributed by atoms with van der Waals surface area (Å²) in [4.78, 5) is 57.2. The van der Waals surface area contributed by atoms with Crippen LogP contribution in [-0.4, -0.2) is 93.4 Å². The van der Waals surface area contributed by atoms with Crippen LogP contribution in [0.2, 0.25) is 0 Å². The number of nitrogens with one attached hydrogen (secondary N) is 4. The van der Waals surface area contributed by atoms with Crippen molar-refractivity contribution in [3.63, 3.8) is 0 Å². The molecule has 214 valence electrons. The van der Waals surface area contributed by atoms with E-state index in [4.69, 9.17) is 17.2 Å². The second-order valence-electron chi connectivity index (χ2n) is 8.98. The third-order valence-corrected chi connectivity index (χ3v) is 5.93. The van der Waals surface area contributed by atoms with E-state index in [9.17, 15) is 34.5 Å². The predicted molar refractivity (Wildman–Crippen MR) is 142 cm³/mol. The Balaban J connectivity index is 2.30. The molecular formula is C24H36N8O7. The SMILES string of the molecule is CC(O)C(N)C(=O)NC(Cc1c[nH]c2ccccc12)C(=O)NC(CCCN=C(N)N)C(=O)NC(CO)C(=O)O. The lowest BCUT2D eigenvalue weighted by molar-refractivity contribution is -0.143. The predicted octanol–water partition coefficient (Wildman–Crippen LogP) is -3.00. The quantitative estimate of drug-likeness (QED) is 0.0612. The van der Waals surface area contributed by atoms with Gasteiger partial charge in [-0.1, -0.05) is 18.2 Å². The number of carboxylic acid groups (broad SMARTS) is 1. The van der Waals surface area contributed by atoms with Crippen molar-refractivity contribution in [3.05, 3.63) is 36.0 Å². The molecule has 0 spiro atoms. The number of aliphatic hydroxyl groups is 2. The first-order chi connectivity index (χ1) is 18.4. The first-order valence-electron chi connectivity index (χ1n) is 12.2. The highest BCUT2D eigenvalue weighted by Gasteiger charge is 2.31. The number of carbonyl (C=O) groups excluding carboxylic acids is 3. The van der Waals surface area contributed by atoms with Crippen molar-refractivity contribution in [2.45, 2.75) is 56.5 Å². The summed E-state index contributed by atoms with van der Waals surface area (Å²) in [6.45, 7) is 0.589. The van der Waals surface area contributed by atoms with E-state index in [0.29, 0.717) is 5.56 Å². The first-order valence-corrected chi connectivity index (χ1v) is 12.2. The molecule has 0 aliphatic heterocycles. The number of nitrogens with zero attached hydrogens (tertiary/aromatic N) is 1. The van der Waals surface area contributed by atoms with Crippen molar-refractivity contribution in [2.75, 3.05) is 13.2 Å². The van der Waals surface area contributed by atoms with Crippen molar-refractivity contribution >= 4 is 40.6 Å². The second-order valence-corrected chi connectivity index (χ2v) is 8.98. The number of aliphatic imine (C=N–C) groups is 1.